The smallest absolute Gasteiger partial charge is 0.326 e. The zero-order chi connectivity index (χ0) is 14.4. The molecule has 100 valence electrons. The molecule has 1 aromatic carbocycles. The quantitative estimate of drug-likeness (QED) is 0.768. The van der Waals surface area contributed by atoms with Gasteiger partial charge < -0.3 is 15.7 Å². The molecule has 3 N–H and O–H groups in total. The maximum Gasteiger partial charge on any atom is 0.326 e. The highest BCUT2D eigenvalue weighted by molar-refractivity contribution is 5.92. The lowest BCUT2D eigenvalue weighted by Crippen LogP contribution is -2.46. The molecule has 1 aromatic rings. The summed E-state index contributed by atoms with van der Waals surface area (Å²) >= 11 is 0. The van der Waals surface area contributed by atoms with Crippen LogP contribution >= 0.6 is 0 Å². The van der Waals surface area contributed by atoms with Crippen LogP contribution in [0.3, 0.4) is 0 Å². The van der Waals surface area contributed by atoms with Crippen molar-refractivity contribution in [3.8, 4) is 6.07 Å². The van der Waals surface area contributed by atoms with Gasteiger partial charge in [0.2, 0.25) is 0 Å². The van der Waals surface area contributed by atoms with Crippen molar-refractivity contribution < 1.29 is 14.7 Å². The van der Waals surface area contributed by atoms with E-state index in [-0.39, 0.29) is 5.92 Å². The second-order valence-electron chi connectivity index (χ2n) is 4.35. The first-order valence-corrected chi connectivity index (χ1v) is 5.74. The van der Waals surface area contributed by atoms with Crippen molar-refractivity contribution >= 4 is 17.7 Å². The Kier molecular flexibility index (Phi) is 4.89. The number of urea groups is 1. The van der Waals surface area contributed by atoms with Crippen molar-refractivity contribution in [2.45, 2.75) is 19.9 Å². The molecule has 1 rings (SSSR count). The van der Waals surface area contributed by atoms with Gasteiger partial charge in [0, 0.05) is 5.69 Å². The highest BCUT2D eigenvalue weighted by atomic mass is 16.4. The molecule has 19 heavy (non-hydrogen) atoms. The van der Waals surface area contributed by atoms with Crippen LogP contribution in [0.25, 0.3) is 0 Å². The molecule has 0 saturated heterocycles. The van der Waals surface area contributed by atoms with E-state index in [1.54, 1.807) is 38.1 Å². The summed E-state index contributed by atoms with van der Waals surface area (Å²) in [6.07, 6.45) is 0. The molecule has 0 unspecified atom stereocenters. The Balaban J connectivity index is 2.64. The van der Waals surface area contributed by atoms with Gasteiger partial charge in [0.05, 0.1) is 11.6 Å². The third kappa shape index (κ3) is 4.32. The van der Waals surface area contributed by atoms with Crippen LogP contribution < -0.4 is 10.6 Å². The fraction of sp³-hybridized carbons (Fsp3) is 0.308. The number of nitriles is 1. The maximum atomic E-state index is 11.6. The molecule has 2 amide bonds. The first-order chi connectivity index (χ1) is 8.93. The van der Waals surface area contributed by atoms with E-state index in [1.165, 1.54) is 0 Å². The highest BCUT2D eigenvalue weighted by Crippen LogP contribution is 2.09. The molecular formula is C13H15N3O3. The molecular weight excluding hydrogens is 246 g/mol. The molecule has 0 aliphatic rings. The van der Waals surface area contributed by atoms with E-state index in [9.17, 15) is 9.59 Å². The van der Waals surface area contributed by atoms with Gasteiger partial charge in [-0.15, -0.1) is 0 Å². The summed E-state index contributed by atoms with van der Waals surface area (Å²) in [5, 5.41) is 22.5. The van der Waals surface area contributed by atoms with Gasteiger partial charge in [0.1, 0.15) is 6.04 Å². The van der Waals surface area contributed by atoms with Crippen LogP contribution in [-0.4, -0.2) is 23.1 Å². The SMILES string of the molecule is CC(C)[C@H](NC(=O)Nc1ccc(C#N)cc1)C(=O)O. The Morgan fingerprint density at radius 2 is 1.84 bits per heavy atom. The van der Waals surface area contributed by atoms with E-state index < -0.39 is 18.0 Å². The first kappa shape index (κ1) is 14.5. The standard InChI is InChI=1S/C13H15N3O3/c1-8(2)11(12(17)18)16-13(19)15-10-5-3-9(7-14)4-6-10/h3-6,8,11H,1-2H3,(H,17,18)(H2,15,16,19)/t11-/m0/s1. The van der Waals surface area contributed by atoms with Gasteiger partial charge in [-0.05, 0) is 30.2 Å². The van der Waals surface area contributed by atoms with Crippen molar-refractivity contribution in [1.82, 2.24) is 5.32 Å². The summed E-state index contributed by atoms with van der Waals surface area (Å²) in [5.41, 5.74) is 0.973. The molecule has 0 aliphatic heterocycles. The second kappa shape index (κ2) is 6.40. The monoisotopic (exact) mass is 261 g/mol. The Morgan fingerprint density at radius 3 is 2.26 bits per heavy atom. The lowest BCUT2D eigenvalue weighted by molar-refractivity contribution is -0.140. The van der Waals surface area contributed by atoms with E-state index in [0.29, 0.717) is 11.3 Å². The zero-order valence-electron chi connectivity index (χ0n) is 10.7. The lowest BCUT2D eigenvalue weighted by Gasteiger charge is -2.18. The number of amides is 2. The topological polar surface area (TPSA) is 102 Å². The number of hydrogen-bond donors (Lipinski definition) is 3. The fourth-order valence-electron chi connectivity index (χ4n) is 1.45. The van der Waals surface area contributed by atoms with Crippen LogP contribution in [-0.2, 0) is 4.79 Å². The molecule has 0 aromatic heterocycles. The van der Waals surface area contributed by atoms with Crippen molar-refractivity contribution in [3.05, 3.63) is 29.8 Å². The Labute approximate surface area is 111 Å². The second-order valence-corrected chi connectivity index (χ2v) is 4.35. The molecule has 1 atom stereocenters. The minimum absolute atomic E-state index is 0.218. The number of anilines is 1. The number of carbonyl (C=O) groups excluding carboxylic acids is 1. The van der Waals surface area contributed by atoms with Crippen LogP contribution in [0, 0.1) is 17.2 Å². The minimum atomic E-state index is -1.08. The molecule has 0 spiro atoms. The normalized spacial score (nSPS) is 11.5. The average molecular weight is 261 g/mol. The van der Waals surface area contributed by atoms with Crippen LogP contribution in [0.4, 0.5) is 10.5 Å². The van der Waals surface area contributed by atoms with Crippen LogP contribution in [0.5, 0.6) is 0 Å². The number of rotatable bonds is 4. The number of nitrogens with zero attached hydrogens (tertiary/aromatic N) is 1. The van der Waals surface area contributed by atoms with E-state index in [0.717, 1.165) is 0 Å². The average Bonchev–Trinajstić information content (AvgIpc) is 2.36. The van der Waals surface area contributed by atoms with Crippen molar-refractivity contribution in [2.75, 3.05) is 5.32 Å². The number of aliphatic carboxylic acids is 1. The molecule has 0 saturated carbocycles. The minimum Gasteiger partial charge on any atom is -0.480 e. The van der Waals surface area contributed by atoms with Gasteiger partial charge in [-0.3, -0.25) is 0 Å². The summed E-state index contributed by atoms with van der Waals surface area (Å²) in [4.78, 5) is 22.6. The van der Waals surface area contributed by atoms with Crippen LogP contribution in [0.2, 0.25) is 0 Å². The molecule has 0 bridgehead atoms. The van der Waals surface area contributed by atoms with E-state index >= 15 is 0 Å². The van der Waals surface area contributed by atoms with Gasteiger partial charge in [0.15, 0.2) is 0 Å². The zero-order valence-corrected chi connectivity index (χ0v) is 10.7. The fourth-order valence-corrected chi connectivity index (χ4v) is 1.45. The lowest BCUT2D eigenvalue weighted by atomic mass is 10.1. The number of benzene rings is 1. The predicted octanol–water partition coefficient (Wildman–Crippen LogP) is 1.79. The Bertz CT molecular complexity index is 503. The van der Waals surface area contributed by atoms with Gasteiger partial charge in [-0.25, -0.2) is 9.59 Å². The third-order valence-corrected chi connectivity index (χ3v) is 2.49. The van der Waals surface area contributed by atoms with Gasteiger partial charge >= 0.3 is 12.0 Å². The number of carboxylic acid groups (broad SMARTS) is 1. The van der Waals surface area contributed by atoms with Crippen molar-refractivity contribution in [2.24, 2.45) is 5.92 Å². The summed E-state index contributed by atoms with van der Waals surface area (Å²) in [7, 11) is 0. The number of nitrogens with one attached hydrogen (secondary N) is 2. The van der Waals surface area contributed by atoms with Crippen molar-refractivity contribution in [1.29, 1.82) is 5.26 Å². The molecule has 0 radical (unpaired) electrons. The summed E-state index contributed by atoms with van der Waals surface area (Å²) in [5.74, 6) is -1.30. The summed E-state index contributed by atoms with van der Waals surface area (Å²) in [6.45, 7) is 3.42. The van der Waals surface area contributed by atoms with Crippen molar-refractivity contribution in [3.63, 3.8) is 0 Å². The van der Waals surface area contributed by atoms with Gasteiger partial charge in [-0.2, -0.15) is 5.26 Å². The third-order valence-electron chi connectivity index (χ3n) is 2.49. The molecule has 0 fully saturated rings. The number of carbonyl (C=O) groups is 2. The van der Waals surface area contributed by atoms with E-state index in [2.05, 4.69) is 10.6 Å². The van der Waals surface area contributed by atoms with E-state index in [4.69, 9.17) is 10.4 Å². The Morgan fingerprint density at radius 1 is 1.26 bits per heavy atom. The number of carboxylic acids is 1. The summed E-state index contributed by atoms with van der Waals surface area (Å²) in [6, 6.07) is 6.70. The maximum absolute atomic E-state index is 11.6. The predicted molar refractivity (Wildman–Crippen MR) is 69.6 cm³/mol. The summed E-state index contributed by atoms with van der Waals surface area (Å²) < 4.78 is 0. The van der Waals surface area contributed by atoms with Crippen LogP contribution in [0.15, 0.2) is 24.3 Å². The number of hydrogen-bond acceptors (Lipinski definition) is 3. The van der Waals surface area contributed by atoms with E-state index in [1.807, 2.05) is 6.07 Å². The molecule has 6 heteroatoms. The van der Waals surface area contributed by atoms with Gasteiger partial charge in [0.25, 0.3) is 0 Å². The first-order valence-electron chi connectivity index (χ1n) is 5.74. The highest BCUT2D eigenvalue weighted by Gasteiger charge is 2.23. The molecule has 6 nitrogen and oxygen atoms in total. The van der Waals surface area contributed by atoms with Crippen LogP contribution in [0.1, 0.15) is 19.4 Å². The molecule has 0 aliphatic carbocycles. The van der Waals surface area contributed by atoms with Gasteiger partial charge in [-0.1, -0.05) is 13.8 Å². The Hall–Kier alpha value is -2.55. The largest absolute Gasteiger partial charge is 0.480 e. The molecule has 0 heterocycles.